The zero-order valence-electron chi connectivity index (χ0n) is 29.8. The van der Waals surface area contributed by atoms with Gasteiger partial charge < -0.3 is 19.3 Å². The third-order valence-corrected chi connectivity index (χ3v) is 13.2. The second-order valence-corrected chi connectivity index (χ2v) is 21.8. The highest BCUT2D eigenvalue weighted by atomic mass is 28.3. The van der Waals surface area contributed by atoms with E-state index in [1.165, 1.54) is 5.69 Å². The largest absolute Gasteiger partial charge is 0.356 e. The summed E-state index contributed by atoms with van der Waals surface area (Å²) in [4.78, 5) is 16.6. The second kappa shape index (κ2) is 13.6. The van der Waals surface area contributed by atoms with Gasteiger partial charge in [0.25, 0.3) is 6.43 Å². The van der Waals surface area contributed by atoms with Gasteiger partial charge in [0, 0.05) is 82.4 Å². The molecule has 4 aliphatic rings. The fourth-order valence-electron chi connectivity index (χ4n) is 8.55. The van der Waals surface area contributed by atoms with Crippen molar-refractivity contribution in [3.05, 3.63) is 46.9 Å². The van der Waals surface area contributed by atoms with Gasteiger partial charge in [0.2, 0.25) is 5.91 Å². The van der Waals surface area contributed by atoms with E-state index in [-0.39, 0.29) is 17.5 Å². The molecular weight excluding hydrogens is 643 g/mol. The highest BCUT2D eigenvalue weighted by Crippen LogP contribution is 2.55. The van der Waals surface area contributed by atoms with Gasteiger partial charge in [0.1, 0.15) is 6.79 Å². The van der Waals surface area contributed by atoms with Crippen LogP contribution >= 0.6 is 0 Å². The van der Waals surface area contributed by atoms with E-state index in [1.807, 2.05) is 11.0 Å². The first-order valence-corrected chi connectivity index (χ1v) is 21.9. The topological polar surface area (TPSA) is 77.7 Å². The van der Waals surface area contributed by atoms with Crippen molar-refractivity contribution in [1.29, 1.82) is 0 Å². The Bertz CT molecular complexity index is 1670. The molecule has 1 amide bonds. The van der Waals surface area contributed by atoms with E-state index in [0.717, 1.165) is 93.1 Å². The minimum atomic E-state index is -2.63. The molecule has 9 nitrogen and oxygen atoms in total. The lowest BCUT2D eigenvalue weighted by Gasteiger charge is -2.51. The van der Waals surface area contributed by atoms with E-state index >= 15 is 0 Å². The van der Waals surface area contributed by atoms with Gasteiger partial charge in [0.15, 0.2) is 5.82 Å². The van der Waals surface area contributed by atoms with Gasteiger partial charge in [-0.15, -0.1) is 0 Å². The number of hydrogen-bond donors (Lipinski definition) is 0. The van der Waals surface area contributed by atoms with Crippen LogP contribution in [-0.2, 0) is 40.7 Å². The number of hydrogen-bond acceptors (Lipinski definition) is 6. The molecule has 12 heteroatoms. The van der Waals surface area contributed by atoms with Crippen LogP contribution in [0.4, 0.5) is 20.3 Å². The van der Waals surface area contributed by atoms with Crippen LogP contribution in [0.1, 0.15) is 86.7 Å². The minimum absolute atomic E-state index is 0.0100. The number of aryl methyl sites for hydroxylation is 2. The average Bonchev–Trinajstić information content (AvgIpc) is 3.66. The summed E-state index contributed by atoms with van der Waals surface area (Å²) in [7, 11) is 0.703. The molecule has 2 fully saturated rings. The van der Waals surface area contributed by atoms with Crippen LogP contribution in [0.25, 0.3) is 11.1 Å². The molecule has 49 heavy (non-hydrogen) atoms. The van der Waals surface area contributed by atoms with E-state index in [9.17, 15) is 13.6 Å². The van der Waals surface area contributed by atoms with E-state index in [0.29, 0.717) is 49.1 Å². The fraction of sp³-hybridized carbons (Fsp3) is 0.649. The maximum atomic E-state index is 14.6. The van der Waals surface area contributed by atoms with Crippen LogP contribution < -0.4 is 4.90 Å². The molecule has 266 valence electrons. The number of halogens is 2. The molecule has 2 saturated carbocycles. The monoisotopic (exact) mass is 694 g/mol. The molecule has 1 aromatic carbocycles. The summed E-state index contributed by atoms with van der Waals surface area (Å²) >= 11 is 0. The van der Waals surface area contributed by atoms with Crippen LogP contribution in [0.3, 0.4) is 0 Å². The normalized spacial score (nSPS) is 23.9. The molecule has 7 rings (SSSR count). The van der Waals surface area contributed by atoms with Gasteiger partial charge in [-0.05, 0) is 86.1 Å². The third kappa shape index (κ3) is 7.10. The Morgan fingerprint density at radius 1 is 1.12 bits per heavy atom. The highest BCUT2D eigenvalue weighted by Gasteiger charge is 2.47. The van der Waals surface area contributed by atoms with Gasteiger partial charge in [0.05, 0.1) is 24.9 Å². The fourth-order valence-corrected chi connectivity index (χ4v) is 9.31. The van der Waals surface area contributed by atoms with Crippen LogP contribution in [0.5, 0.6) is 0 Å². The molecular formula is C37H52F2N6O3Si. The molecule has 3 aromatic rings. The molecule has 0 radical (unpaired) electrons. The van der Waals surface area contributed by atoms with Crippen molar-refractivity contribution in [3.8, 4) is 11.1 Å². The summed E-state index contributed by atoms with van der Waals surface area (Å²) < 4.78 is 45.0. The van der Waals surface area contributed by atoms with Crippen molar-refractivity contribution in [2.75, 3.05) is 31.4 Å². The summed E-state index contributed by atoms with van der Waals surface area (Å²) in [6.45, 7) is 11.8. The number of ether oxygens (including phenoxy) is 2. The average molecular weight is 695 g/mol. The van der Waals surface area contributed by atoms with Crippen molar-refractivity contribution >= 4 is 25.5 Å². The Hall–Kier alpha value is -3.09. The van der Waals surface area contributed by atoms with Crippen LogP contribution in [0, 0.1) is 5.41 Å². The molecule has 1 spiro atoms. The predicted molar refractivity (Wildman–Crippen MR) is 189 cm³/mol. The Labute approximate surface area is 289 Å². The molecule has 0 atom stereocenters. The molecule has 2 aliphatic heterocycles. The van der Waals surface area contributed by atoms with Crippen LogP contribution in [0.15, 0.2) is 24.5 Å². The smallest absolute Gasteiger partial charge is 0.264 e. The van der Waals surface area contributed by atoms with Gasteiger partial charge in [-0.25, -0.2) is 8.78 Å². The highest BCUT2D eigenvalue weighted by molar-refractivity contribution is 6.76. The number of fused-ring (bicyclic) bond motifs is 2. The van der Waals surface area contributed by atoms with Crippen molar-refractivity contribution in [2.45, 2.75) is 116 Å². The van der Waals surface area contributed by atoms with Crippen molar-refractivity contribution in [1.82, 2.24) is 24.5 Å². The number of carbonyl (C=O) groups excluding carboxylic acids is 1. The van der Waals surface area contributed by atoms with Gasteiger partial charge in [-0.2, -0.15) is 10.2 Å². The van der Waals surface area contributed by atoms with Gasteiger partial charge in [-0.3, -0.25) is 14.2 Å². The van der Waals surface area contributed by atoms with E-state index < -0.39 is 14.5 Å². The number of alkyl halides is 2. The number of carbonyl (C=O) groups is 1. The number of nitrogens with zero attached hydrogens (tertiary/aromatic N) is 6. The maximum absolute atomic E-state index is 14.6. The molecule has 4 heterocycles. The van der Waals surface area contributed by atoms with Crippen molar-refractivity contribution in [3.63, 3.8) is 0 Å². The van der Waals surface area contributed by atoms with Crippen LogP contribution in [0.2, 0.25) is 25.7 Å². The van der Waals surface area contributed by atoms with Gasteiger partial charge >= 0.3 is 0 Å². The number of benzene rings is 1. The molecule has 2 aromatic heterocycles. The minimum Gasteiger partial charge on any atom is -0.356 e. The first-order chi connectivity index (χ1) is 23.4. The lowest BCUT2D eigenvalue weighted by atomic mass is 9.58. The quantitative estimate of drug-likeness (QED) is 0.123. The first-order valence-electron chi connectivity index (χ1n) is 18.2. The summed E-state index contributed by atoms with van der Waals surface area (Å²) in [5.74, 6) is 0.870. The molecule has 0 saturated heterocycles. The zero-order chi connectivity index (χ0) is 34.5. The van der Waals surface area contributed by atoms with E-state index in [2.05, 4.69) is 34.3 Å². The SMILES string of the molecule is CC(=O)N1CCc2c(c(N3CCCc4cc(-c5cnn(C)c5)c(C(F)F)cc43)nn2C2CCC3(CC2)CC(OCOCC[Si](C)(C)C)C3)C1. The Balaban J connectivity index is 1.10. The molecule has 2 aliphatic carbocycles. The Morgan fingerprint density at radius 2 is 1.90 bits per heavy atom. The first kappa shape index (κ1) is 34.4. The molecule has 0 bridgehead atoms. The number of amides is 1. The van der Waals surface area contributed by atoms with E-state index in [1.54, 1.807) is 37.1 Å². The second-order valence-electron chi connectivity index (χ2n) is 16.2. The third-order valence-electron chi connectivity index (χ3n) is 11.5. The summed E-state index contributed by atoms with van der Waals surface area (Å²) in [6, 6.07) is 5.05. The van der Waals surface area contributed by atoms with Crippen LogP contribution in [-0.4, -0.2) is 71.0 Å². The predicted octanol–water partition coefficient (Wildman–Crippen LogP) is 7.80. The number of rotatable bonds is 10. The Morgan fingerprint density at radius 3 is 2.57 bits per heavy atom. The standard InChI is InChI=1S/C37H52F2N6O3Si/c1-25(46)43-14-10-33-32(23-43)36(44-13-6-7-26-17-30(27-21-40-42(2)22-27)31(35(38)39)18-34(26)44)41-45(33)28-8-11-37(12-9-28)19-29(20-37)48-24-47-15-16-49(3,4)5/h17-18,21-22,28-29,35H,6-16,19-20,23-24H2,1-5H3. The number of aromatic nitrogens is 4. The van der Waals surface area contributed by atoms with Crippen molar-refractivity contribution in [2.24, 2.45) is 12.5 Å². The maximum Gasteiger partial charge on any atom is 0.264 e. The molecule has 0 unspecified atom stereocenters. The lowest BCUT2D eigenvalue weighted by Crippen LogP contribution is -2.45. The van der Waals surface area contributed by atoms with Gasteiger partial charge in [-0.1, -0.05) is 19.6 Å². The Kier molecular flexibility index (Phi) is 9.51. The lowest BCUT2D eigenvalue weighted by molar-refractivity contribution is -0.157. The zero-order valence-corrected chi connectivity index (χ0v) is 30.8. The summed E-state index contributed by atoms with van der Waals surface area (Å²) in [6.07, 6.45) is 10.2. The molecule has 0 N–H and O–H groups in total. The summed E-state index contributed by atoms with van der Waals surface area (Å²) in [5.41, 5.74) is 5.70. The number of anilines is 2. The summed E-state index contributed by atoms with van der Waals surface area (Å²) in [5, 5.41) is 9.57. The van der Waals surface area contributed by atoms with Crippen molar-refractivity contribution < 1.29 is 23.0 Å². The van der Waals surface area contributed by atoms with E-state index in [4.69, 9.17) is 14.6 Å².